The van der Waals surface area contributed by atoms with Crippen LogP contribution in [0.15, 0.2) is 40.2 Å². The first-order chi connectivity index (χ1) is 9.97. The molecule has 0 unspecified atom stereocenters. The summed E-state index contributed by atoms with van der Waals surface area (Å²) in [5.41, 5.74) is -1.22. The Bertz CT molecular complexity index is 808. The predicted molar refractivity (Wildman–Crippen MR) is 71.1 cm³/mol. The lowest BCUT2D eigenvalue weighted by atomic mass is 10.2. The van der Waals surface area contributed by atoms with Crippen molar-refractivity contribution in [2.75, 3.05) is 5.32 Å². The topological polar surface area (TPSA) is 134 Å². The zero-order valence-electron chi connectivity index (χ0n) is 10.6. The van der Waals surface area contributed by atoms with Crippen molar-refractivity contribution in [2.45, 2.75) is 6.54 Å². The van der Waals surface area contributed by atoms with Crippen molar-refractivity contribution in [1.29, 1.82) is 0 Å². The second kappa shape index (κ2) is 5.82. The number of hydrogen-bond donors (Lipinski definition) is 3. The number of rotatable bonds is 4. The van der Waals surface area contributed by atoms with Gasteiger partial charge in [-0.25, -0.2) is 9.48 Å². The van der Waals surface area contributed by atoms with Crippen LogP contribution in [-0.4, -0.2) is 31.7 Å². The first kappa shape index (κ1) is 14.2. The van der Waals surface area contributed by atoms with Gasteiger partial charge in [0, 0.05) is 18.3 Å². The van der Waals surface area contributed by atoms with Crippen LogP contribution in [0.25, 0.3) is 0 Å². The highest BCUT2D eigenvalue weighted by Crippen LogP contribution is 2.12. The summed E-state index contributed by atoms with van der Waals surface area (Å²) in [4.78, 5) is 49.0. The summed E-state index contributed by atoms with van der Waals surface area (Å²) in [6.45, 7) is -0.455. The van der Waals surface area contributed by atoms with Crippen molar-refractivity contribution in [3.63, 3.8) is 0 Å². The molecule has 0 fully saturated rings. The minimum atomic E-state index is -1.22. The monoisotopic (exact) mass is 290 g/mol. The molecule has 0 saturated heterocycles. The first-order valence-electron chi connectivity index (χ1n) is 5.74. The van der Waals surface area contributed by atoms with Crippen LogP contribution in [0.2, 0.25) is 0 Å². The zero-order valence-corrected chi connectivity index (χ0v) is 10.6. The van der Waals surface area contributed by atoms with Gasteiger partial charge in [-0.3, -0.25) is 24.5 Å². The Morgan fingerprint density at radius 1 is 1.29 bits per heavy atom. The fourth-order valence-corrected chi connectivity index (χ4v) is 1.59. The minimum Gasteiger partial charge on any atom is -0.478 e. The van der Waals surface area contributed by atoms with E-state index in [4.69, 9.17) is 5.11 Å². The molecule has 0 atom stereocenters. The third-order valence-electron chi connectivity index (χ3n) is 2.52. The fraction of sp³-hybridized carbons (Fsp3) is 0.0833. The van der Waals surface area contributed by atoms with E-state index in [1.165, 1.54) is 18.5 Å². The molecule has 9 heteroatoms. The molecule has 2 heterocycles. The van der Waals surface area contributed by atoms with Crippen LogP contribution < -0.4 is 16.4 Å². The molecule has 108 valence electrons. The minimum absolute atomic E-state index is 0.00123. The Balaban J connectivity index is 2.20. The number of carboxylic acid groups (broad SMARTS) is 1. The van der Waals surface area contributed by atoms with Crippen molar-refractivity contribution in [3.8, 4) is 0 Å². The number of anilines is 1. The summed E-state index contributed by atoms with van der Waals surface area (Å²) in [5, 5.41) is 13.5. The molecule has 0 aliphatic heterocycles. The SMILES string of the molecule is O=C(Cn1[nH]c(=O)ccc1=O)Nc1cnccc1C(=O)O. The van der Waals surface area contributed by atoms with Gasteiger partial charge in [0.15, 0.2) is 0 Å². The predicted octanol–water partition coefficient (Wildman–Crippen LogP) is -0.731. The number of carbonyl (C=O) groups excluding carboxylic acids is 1. The van der Waals surface area contributed by atoms with E-state index in [9.17, 15) is 19.2 Å². The Hall–Kier alpha value is -3.23. The fourth-order valence-electron chi connectivity index (χ4n) is 1.59. The lowest BCUT2D eigenvalue weighted by molar-refractivity contribution is -0.117. The standard InChI is InChI=1S/C12H10N4O5/c17-9-1-2-11(19)16(15-9)6-10(18)14-8-5-13-4-3-7(8)12(20)21/h1-5H,6H2,(H,14,18)(H,15,17)(H,20,21). The second-order valence-corrected chi connectivity index (χ2v) is 4.01. The van der Waals surface area contributed by atoms with E-state index in [-0.39, 0.29) is 11.3 Å². The third-order valence-corrected chi connectivity index (χ3v) is 2.52. The molecule has 0 saturated carbocycles. The van der Waals surface area contributed by atoms with Gasteiger partial charge >= 0.3 is 5.97 Å². The van der Waals surface area contributed by atoms with E-state index in [1.807, 2.05) is 0 Å². The number of aromatic carboxylic acids is 1. The highest BCUT2D eigenvalue weighted by Gasteiger charge is 2.13. The molecule has 2 aromatic heterocycles. The summed E-state index contributed by atoms with van der Waals surface area (Å²) in [5.74, 6) is -1.90. The summed E-state index contributed by atoms with van der Waals surface area (Å²) in [7, 11) is 0. The van der Waals surface area contributed by atoms with Gasteiger partial charge in [-0.15, -0.1) is 0 Å². The number of aromatic amines is 1. The molecule has 3 N–H and O–H groups in total. The Kier molecular flexibility index (Phi) is 3.93. The Labute approximate surface area is 116 Å². The lowest BCUT2D eigenvalue weighted by Crippen LogP contribution is -2.33. The molecule has 1 amide bonds. The molecule has 0 aliphatic carbocycles. The molecule has 9 nitrogen and oxygen atoms in total. The average molecular weight is 290 g/mol. The number of pyridine rings is 1. The maximum atomic E-state index is 11.8. The van der Waals surface area contributed by atoms with Gasteiger partial charge in [0.1, 0.15) is 6.54 Å². The number of hydrogen-bond acceptors (Lipinski definition) is 5. The summed E-state index contributed by atoms with van der Waals surface area (Å²) in [6, 6.07) is 3.30. The third kappa shape index (κ3) is 3.41. The van der Waals surface area contributed by atoms with Gasteiger partial charge in [-0.1, -0.05) is 0 Å². The Morgan fingerprint density at radius 2 is 2.05 bits per heavy atom. The van der Waals surface area contributed by atoms with E-state index in [0.29, 0.717) is 0 Å². The number of nitrogens with one attached hydrogen (secondary N) is 2. The zero-order chi connectivity index (χ0) is 15.4. The van der Waals surface area contributed by atoms with Crippen molar-refractivity contribution >= 4 is 17.6 Å². The van der Waals surface area contributed by atoms with E-state index < -0.39 is 29.5 Å². The van der Waals surface area contributed by atoms with Crippen LogP contribution in [0.1, 0.15) is 10.4 Å². The van der Waals surface area contributed by atoms with Crippen LogP contribution >= 0.6 is 0 Å². The summed E-state index contributed by atoms with van der Waals surface area (Å²) < 4.78 is 0.814. The maximum absolute atomic E-state index is 11.8. The molecule has 21 heavy (non-hydrogen) atoms. The molecule has 0 spiro atoms. The molecule has 0 aromatic carbocycles. The number of aromatic nitrogens is 3. The van der Waals surface area contributed by atoms with Gasteiger partial charge < -0.3 is 10.4 Å². The Morgan fingerprint density at radius 3 is 2.76 bits per heavy atom. The number of nitrogens with zero attached hydrogens (tertiary/aromatic N) is 2. The molecule has 0 aliphatic rings. The van der Waals surface area contributed by atoms with Gasteiger partial charge in [0.25, 0.3) is 11.1 Å². The average Bonchev–Trinajstić information content (AvgIpc) is 2.43. The van der Waals surface area contributed by atoms with Crippen molar-refractivity contribution in [2.24, 2.45) is 0 Å². The van der Waals surface area contributed by atoms with E-state index in [2.05, 4.69) is 15.4 Å². The normalized spacial score (nSPS) is 10.1. The summed E-state index contributed by atoms with van der Waals surface area (Å²) >= 11 is 0. The van der Waals surface area contributed by atoms with Gasteiger partial charge in [-0.05, 0) is 6.07 Å². The number of amides is 1. The highest BCUT2D eigenvalue weighted by molar-refractivity contribution is 6.00. The van der Waals surface area contributed by atoms with Crippen molar-refractivity contribution in [3.05, 3.63) is 56.9 Å². The molecule has 0 bridgehead atoms. The highest BCUT2D eigenvalue weighted by atomic mass is 16.4. The van der Waals surface area contributed by atoms with Crippen LogP contribution in [0.4, 0.5) is 5.69 Å². The molecular formula is C12H10N4O5. The quantitative estimate of drug-likeness (QED) is 0.679. The summed E-state index contributed by atoms with van der Waals surface area (Å²) in [6.07, 6.45) is 2.45. The number of carbonyl (C=O) groups is 2. The largest absolute Gasteiger partial charge is 0.478 e. The van der Waals surface area contributed by atoms with Gasteiger partial charge in [-0.2, -0.15) is 0 Å². The molecule has 2 rings (SSSR count). The molecule has 0 radical (unpaired) electrons. The number of H-pyrrole nitrogens is 1. The van der Waals surface area contributed by atoms with E-state index >= 15 is 0 Å². The van der Waals surface area contributed by atoms with Crippen LogP contribution in [0, 0.1) is 0 Å². The molecule has 2 aromatic rings. The maximum Gasteiger partial charge on any atom is 0.337 e. The van der Waals surface area contributed by atoms with Crippen LogP contribution in [0.5, 0.6) is 0 Å². The van der Waals surface area contributed by atoms with Gasteiger partial charge in [0.2, 0.25) is 5.91 Å². The number of carboxylic acids is 1. The van der Waals surface area contributed by atoms with E-state index in [1.54, 1.807) is 0 Å². The van der Waals surface area contributed by atoms with Crippen molar-refractivity contribution in [1.82, 2.24) is 14.8 Å². The van der Waals surface area contributed by atoms with E-state index in [0.717, 1.165) is 16.8 Å². The van der Waals surface area contributed by atoms with Crippen LogP contribution in [-0.2, 0) is 11.3 Å². The van der Waals surface area contributed by atoms with Crippen molar-refractivity contribution < 1.29 is 14.7 Å². The van der Waals surface area contributed by atoms with Gasteiger partial charge in [0.05, 0.1) is 17.4 Å². The first-order valence-corrected chi connectivity index (χ1v) is 5.74. The molecular weight excluding hydrogens is 280 g/mol. The lowest BCUT2D eigenvalue weighted by Gasteiger charge is -2.08. The second-order valence-electron chi connectivity index (χ2n) is 4.01. The van der Waals surface area contributed by atoms with Crippen LogP contribution in [0.3, 0.4) is 0 Å². The smallest absolute Gasteiger partial charge is 0.337 e.